The van der Waals surface area contributed by atoms with E-state index < -0.39 is 5.97 Å². The van der Waals surface area contributed by atoms with Crippen molar-refractivity contribution < 1.29 is 19.4 Å². The smallest absolute Gasteiger partial charge is 0.305 e. The van der Waals surface area contributed by atoms with Crippen molar-refractivity contribution in [3.05, 3.63) is 41.3 Å². The Morgan fingerprint density at radius 3 is 2.88 bits per heavy atom. The number of pyridine rings is 1. The Bertz CT molecular complexity index is 827. The van der Waals surface area contributed by atoms with Crippen molar-refractivity contribution in [1.82, 2.24) is 14.3 Å². The molecule has 1 N–H and O–H groups in total. The first-order valence-electron chi connectivity index (χ1n) is 8.47. The lowest BCUT2D eigenvalue weighted by Crippen LogP contribution is -2.43. The molecule has 2 aromatic heterocycles. The van der Waals surface area contributed by atoms with Crippen LogP contribution in [0.1, 0.15) is 25.0 Å². The Labute approximate surface area is 155 Å². The highest BCUT2D eigenvalue weighted by Crippen LogP contribution is 2.20. The lowest BCUT2D eigenvalue weighted by Gasteiger charge is -2.33. The maximum Gasteiger partial charge on any atom is 0.305 e. The number of amides is 1. The average Bonchev–Trinajstić information content (AvgIpc) is 2.96. The Hall–Kier alpha value is -2.38. The Morgan fingerprint density at radius 1 is 1.38 bits per heavy atom. The molecular weight excluding hydrogens is 358 g/mol. The molecule has 8 heteroatoms. The highest BCUT2D eigenvalue weighted by Gasteiger charge is 2.25. The fourth-order valence-electron chi connectivity index (χ4n) is 3.07. The molecule has 0 unspecified atom stereocenters. The number of halogens is 1. The largest absolute Gasteiger partial charge is 0.481 e. The van der Waals surface area contributed by atoms with Crippen LogP contribution in [0.4, 0.5) is 0 Å². The molecule has 26 heavy (non-hydrogen) atoms. The molecular formula is C18H20ClN3O4. The van der Waals surface area contributed by atoms with Gasteiger partial charge in [0.15, 0.2) is 5.15 Å². The maximum atomic E-state index is 12.7. The zero-order valence-corrected chi connectivity index (χ0v) is 14.9. The molecule has 0 bridgehead atoms. The Kier molecular flexibility index (Phi) is 5.90. The van der Waals surface area contributed by atoms with E-state index >= 15 is 0 Å². The zero-order chi connectivity index (χ0) is 18.5. The number of ether oxygens (including phenoxy) is 1. The number of aliphatic carboxylic acids is 1. The van der Waals surface area contributed by atoms with Crippen LogP contribution in [0.5, 0.6) is 0 Å². The molecule has 2 aromatic rings. The summed E-state index contributed by atoms with van der Waals surface area (Å²) in [6, 6.07) is 5.52. The fourth-order valence-corrected chi connectivity index (χ4v) is 3.31. The first-order valence-corrected chi connectivity index (χ1v) is 8.85. The van der Waals surface area contributed by atoms with Gasteiger partial charge in [0, 0.05) is 38.1 Å². The van der Waals surface area contributed by atoms with Crippen molar-refractivity contribution in [3.63, 3.8) is 0 Å². The molecule has 7 nitrogen and oxygen atoms in total. The molecule has 0 radical (unpaired) electrons. The van der Waals surface area contributed by atoms with Crippen molar-refractivity contribution in [2.45, 2.75) is 25.3 Å². The number of aromatic nitrogens is 2. The number of carboxylic acids is 1. The van der Waals surface area contributed by atoms with Crippen LogP contribution in [0.3, 0.4) is 0 Å². The second kappa shape index (κ2) is 8.33. The minimum atomic E-state index is -0.927. The standard InChI is InChI=1S/C18H20ClN3O4/c19-18-14(22-9-2-1-3-15(22)20-18)4-5-16(23)21(10-6-17(24)25)13-7-11-26-12-8-13/h1-5,9,13H,6-8,10-12H2,(H,24,25). The molecule has 0 aromatic carbocycles. The molecule has 3 heterocycles. The minimum Gasteiger partial charge on any atom is -0.481 e. The number of rotatable bonds is 6. The second-order valence-electron chi connectivity index (χ2n) is 6.07. The lowest BCUT2D eigenvalue weighted by molar-refractivity contribution is -0.138. The van der Waals surface area contributed by atoms with Gasteiger partial charge in [-0.3, -0.25) is 14.0 Å². The normalized spacial score (nSPS) is 15.6. The first-order chi connectivity index (χ1) is 12.6. The van der Waals surface area contributed by atoms with Crippen LogP contribution >= 0.6 is 11.6 Å². The summed E-state index contributed by atoms with van der Waals surface area (Å²) in [7, 11) is 0. The van der Waals surface area contributed by atoms with Gasteiger partial charge in [-0.2, -0.15) is 0 Å². The van der Waals surface area contributed by atoms with Gasteiger partial charge in [-0.25, -0.2) is 4.98 Å². The molecule has 0 saturated carbocycles. The van der Waals surface area contributed by atoms with E-state index in [9.17, 15) is 9.59 Å². The first kappa shape index (κ1) is 18.4. The summed E-state index contributed by atoms with van der Waals surface area (Å²) in [5, 5.41) is 9.28. The highest BCUT2D eigenvalue weighted by molar-refractivity contribution is 6.31. The molecule has 1 saturated heterocycles. The van der Waals surface area contributed by atoms with E-state index in [4.69, 9.17) is 21.4 Å². The van der Waals surface area contributed by atoms with Gasteiger partial charge in [-0.15, -0.1) is 0 Å². The number of fused-ring (bicyclic) bond motifs is 1. The van der Waals surface area contributed by atoms with Crippen molar-refractivity contribution >= 4 is 35.2 Å². The van der Waals surface area contributed by atoms with E-state index in [1.54, 1.807) is 15.4 Å². The molecule has 1 aliphatic heterocycles. The van der Waals surface area contributed by atoms with Crippen LogP contribution in [-0.2, 0) is 14.3 Å². The third-order valence-electron chi connectivity index (χ3n) is 4.39. The SMILES string of the molecule is O=C(O)CCN(C(=O)C=Cc1c(Cl)nc2ccccn12)C1CCOCC1. The van der Waals surface area contributed by atoms with Crippen molar-refractivity contribution in [2.75, 3.05) is 19.8 Å². The monoisotopic (exact) mass is 377 g/mol. The third-order valence-corrected chi connectivity index (χ3v) is 4.67. The quantitative estimate of drug-likeness (QED) is 0.782. The molecule has 1 aliphatic rings. The van der Waals surface area contributed by atoms with Crippen LogP contribution in [0.25, 0.3) is 11.7 Å². The van der Waals surface area contributed by atoms with Gasteiger partial charge in [-0.05, 0) is 31.1 Å². The molecule has 1 fully saturated rings. The predicted molar refractivity (Wildman–Crippen MR) is 97.0 cm³/mol. The molecule has 138 valence electrons. The summed E-state index contributed by atoms with van der Waals surface area (Å²) in [5.74, 6) is -1.16. The van der Waals surface area contributed by atoms with Gasteiger partial charge in [0.05, 0.1) is 12.1 Å². The molecule has 0 spiro atoms. The van der Waals surface area contributed by atoms with E-state index in [0.29, 0.717) is 42.5 Å². The Morgan fingerprint density at radius 2 is 2.15 bits per heavy atom. The lowest BCUT2D eigenvalue weighted by atomic mass is 10.1. The Balaban J connectivity index is 1.80. The highest BCUT2D eigenvalue weighted by atomic mass is 35.5. The molecule has 1 amide bonds. The number of carbonyl (C=O) groups excluding carboxylic acids is 1. The van der Waals surface area contributed by atoms with Crippen LogP contribution in [0.2, 0.25) is 5.15 Å². The zero-order valence-electron chi connectivity index (χ0n) is 14.2. The van der Waals surface area contributed by atoms with E-state index in [1.807, 2.05) is 24.4 Å². The van der Waals surface area contributed by atoms with E-state index in [2.05, 4.69) is 4.98 Å². The third kappa shape index (κ3) is 4.23. The average molecular weight is 378 g/mol. The molecule has 0 aliphatic carbocycles. The van der Waals surface area contributed by atoms with Gasteiger partial charge in [-0.1, -0.05) is 17.7 Å². The summed E-state index contributed by atoms with van der Waals surface area (Å²) in [5.41, 5.74) is 1.30. The van der Waals surface area contributed by atoms with Crippen molar-refractivity contribution in [2.24, 2.45) is 0 Å². The van der Waals surface area contributed by atoms with Crippen LogP contribution in [0.15, 0.2) is 30.5 Å². The van der Waals surface area contributed by atoms with Crippen LogP contribution in [0, 0.1) is 0 Å². The molecule has 0 atom stereocenters. The minimum absolute atomic E-state index is 0.0158. The predicted octanol–water partition coefficient (Wildman–Crippen LogP) is 2.48. The summed E-state index contributed by atoms with van der Waals surface area (Å²) in [6.45, 7) is 1.32. The van der Waals surface area contributed by atoms with Crippen LogP contribution in [-0.4, -0.2) is 57.1 Å². The van der Waals surface area contributed by atoms with Crippen molar-refractivity contribution in [1.29, 1.82) is 0 Å². The number of hydrogen-bond donors (Lipinski definition) is 1. The number of carbonyl (C=O) groups is 2. The number of carboxylic acid groups (broad SMARTS) is 1. The van der Waals surface area contributed by atoms with Gasteiger partial charge >= 0.3 is 5.97 Å². The van der Waals surface area contributed by atoms with E-state index in [1.165, 1.54) is 6.08 Å². The summed E-state index contributed by atoms with van der Waals surface area (Å²) < 4.78 is 7.13. The summed E-state index contributed by atoms with van der Waals surface area (Å²) >= 11 is 6.18. The van der Waals surface area contributed by atoms with Crippen LogP contribution < -0.4 is 0 Å². The fraction of sp³-hybridized carbons (Fsp3) is 0.389. The van der Waals surface area contributed by atoms with E-state index in [-0.39, 0.29) is 24.9 Å². The van der Waals surface area contributed by atoms with Gasteiger partial charge in [0.2, 0.25) is 5.91 Å². The number of nitrogens with zero attached hydrogens (tertiary/aromatic N) is 3. The maximum absolute atomic E-state index is 12.7. The molecule has 3 rings (SSSR count). The van der Waals surface area contributed by atoms with E-state index in [0.717, 1.165) is 0 Å². The topological polar surface area (TPSA) is 84.1 Å². The van der Waals surface area contributed by atoms with Gasteiger partial charge in [0.25, 0.3) is 0 Å². The summed E-state index contributed by atoms with van der Waals surface area (Å²) in [4.78, 5) is 29.5. The number of hydrogen-bond acceptors (Lipinski definition) is 4. The van der Waals surface area contributed by atoms with Gasteiger partial charge in [0.1, 0.15) is 5.65 Å². The summed E-state index contributed by atoms with van der Waals surface area (Å²) in [6.07, 6.45) is 6.19. The van der Waals surface area contributed by atoms with Gasteiger partial charge < -0.3 is 14.7 Å². The second-order valence-corrected chi connectivity index (χ2v) is 6.43. The number of imidazole rings is 1. The van der Waals surface area contributed by atoms with Crippen molar-refractivity contribution in [3.8, 4) is 0 Å².